The lowest BCUT2D eigenvalue weighted by Gasteiger charge is -2.10. The van der Waals surface area contributed by atoms with Crippen LogP contribution in [0.4, 0.5) is 0 Å². The molecule has 0 spiro atoms. The van der Waals surface area contributed by atoms with Gasteiger partial charge in [0, 0.05) is 5.92 Å². The van der Waals surface area contributed by atoms with Crippen molar-refractivity contribution in [1.29, 1.82) is 0 Å². The Balaban J connectivity index is 1.89. The largest absolute Gasteiger partial charge is 0.303 e. The lowest BCUT2D eigenvalue weighted by molar-refractivity contribution is -0.112. The molecule has 0 aromatic heterocycles. The van der Waals surface area contributed by atoms with Crippen molar-refractivity contribution in [3.8, 4) is 0 Å². The van der Waals surface area contributed by atoms with Gasteiger partial charge >= 0.3 is 0 Å². The summed E-state index contributed by atoms with van der Waals surface area (Å²) in [6, 6.07) is 0. The SMILES string of the molecule is CCCCC=C1C[C@H]2CC[C@H](C=O)[C@H]2C1. The Morgan fingerprint density at radius 1 is 1.33 bits per heavy atom. The van der Waals surface area contributed by atoms with Crippen LogP contribution in [0.2, 0.25) is 0 Å². The van der Waals surface area contributed by atoms with Gasteiger partial charge in [-0.2, -0.15) is 0 Å². The summed E-state index contributed by atoms with van der Waals surface area (Å²) in [5.41, 5.74) is 1.64. The van der Waals surface area contributed by atoms with Crippen LogP contribution in [0.5, 0.6) is 0 Å². The van der Waals surface area contributed by atoms with Crippen LogP contribution in [0.3, 0.4) is 0 Å². The maximum absolute atomic E-state index is 10.9. The Labute approximate surface area is 92.9 Å². The molecule has 0 amide bonds. The molecule has 0 radical (unpaired) electrons. The molecule has 3 atom stereocenters. The Morgan fingerprint density at radius 3 is 2.93 bits per heavy atom. The number of carbonyl (C=O) groups is 1. The number of hydrogen-bond acceptors (Lipinski definition) is 1. The van der Waals surface area contributed by atoms with E-state index in [0.29, 0.717) is 11.8 Å². The van der Waals surface area contributed by atoms with E-state index in [4.69, 9.17) is 0 Å². The molecule has 0 N–H and O–H groups in total. The summed E-state index contributed by atoms with van der Waals surface area (Å²) in [5, 5.41) is 0. The van der Waals surface area contributed by atoms with Crippen molar-refractivity contribution < 1.29 is 4.79 Å². The molecule has 15 heavy (non-hydrogen) atoms. The van der Waals surface area contributed by atoms with E-state index >= 15 is 0 Å². The predicted molar refractivity (Wildman–Crippen MR) is 62.6 cm³/mol. The number of fused-ring (bicyclic) bond motifs is 1. The topological polar surface area (TPSA) is 17.1 Å². The lowest BCUT2D eigenvalue weighted by atomic mass is 9.93. The van der Waals surface area contributed by atoms with E-state index in [9.17, 15) is 4.79 Å². The molecule has 0 aromatic rings. The average Bonchev–Trinajstić information content (AvgIpc) is 2.77. The van der Waals surface area contributed by atoms with Gasteiger partial charge in [0.25, 0.3) is 0 Å². The second-order valence-corrected chi connectivity index (χ2v) is 5.21. The third-order valence-electron chi connectivity index (χ3n) is 4.21. The summed E-state index contributed by atoms with van der Waals surface area (Å²) in [6.07, 6.45) is 12.5. The minimum Gasteiger partial charge on any atom is -0.303 e. The van der Waals surface area contributed by atoms with Crippen LogP contribution in [0.15, 0.2) is 11.6 Å². The highest BCUT2D eigenvalue weighted by Crippen LogP contribution is 2.49. The van der Waals surface area contributed by atoms with Gasteiger partial charge in [-0.25, -0.2) is 0 Å². The van der Waals surface area contributed by atoms with Crippen molar-refractivity contribution in [3.05, 3.63) is 11.6 Å². The average molecular weight is 206 g/mol. The monoisotopic (exact) mass is 206 g/mol. The van der Waals surface area contributed by atoms with E-state index in [1.165, 1.54) is 44.8 Å². The third kappa shape index (κ3) is 2.32. The van der Waals surface area contributed by atoms with Crippen LogP contribution in [-0.4, -0.2) is 6.29 Å². The second kappa shape index (κ2) is 4.96. The fourth-order valence-corrected chi connectivity index (χ4v) is 3.32. The molecule has 2 saturated carbocycles. The molecule has 0 saturated heterocycles. The van der Waals surface area contributed by atoms with Crippen molar-refractivity contribution >= 4 is 6.29 Å². The molecule has 0 unspecified atom stereocenters. The van der Waals surface area contributed by atoms with Crippen LogP contribution in [-0.2, 0) is 4.79 Å². The van der Waals surface area contributed by atoms with Gasteiger partial charge in [0.05, 0.1) is 0 Å². The van der Waals surface area contributed by atoms with Gasteiger partial charge in [0.15, 0.2) is 0 Å². The highest BCUT2D eigenvalue weighted by atomic mass is 16.1. The normalized spacial score (nSPS) is 37.1. The van der Waals surface area contributed by atoms with E-state index in [1.54, 1.807) is 5.57 Å². The zero-order chi connectivity index (χ0) is 10.7. The molecule has 2 fully saturated rings. The molecule has 1 heteroatoms. The van der Waals surface area contributed by atoms with E-state index in [-0.39, 0.29) is 0 Å². The molecule has 0 heterocycles. The van der Waals surface area contributed by atoms with E-state index < -0.39 is 0 Å². The molecule has 2 rings (SSSR count). The fourth-order valence-electron chi connectivity index (χ4n) is 3.32. The fraction of sp³-hybridized carbons (Fsp3) is 0.786. The summed E-state index contributed by atoms with van der Waals surface area (Å²) in [7, 11) is 0. The number of aldehydes is 1. The van der Waals surface area contributed by atoms with Gasteiger partial charge in [-0.15, -0.1) is 0 Å². The first-order valence-corrected chi connectivity index (χ1v) is 6.48. The van der Waals surface area contributed by atoms with Gasteiger partial charge in [-0.1, -0.05) is 31.4 Å². The van der Waals surface area contributed by atoms with E-state index in [1.807, 2.05) is 0 Å². The molecule has 0 aromatic carbocycles. The molecule has 0 bridgehead atoms. The summed E-state index contributed by atoms with van der Waals surface area (Å²) < 4.78 is 0. The molecule has 1 nitrogen and oxygen atoms in total. The standard InChI is InChI=1S/C14H22O/c1-2-3-4-5-11-8-12-6-7-13(10-15)14(12)9-11/h5,10,12-14H,2-4,6-9H2,1H3/t12-,13-,14+/m1/s1. The van der Waals surface area contributed by atoms with Crippen LogP contribution in [0, 0.1) is 17.8 Å². The number of hydrogen-bond donors (Lipinski definition) is 0. The number of allylic oxidation sites excluding steroid dienone is 2. The minimum atomic E-state index is 0.382. The molecule has 0 aliphatic heterocycles. The first-order valence-electron chi connectivity index (χ1n) is 6.48. The minimum absolute atomic E-state index is 0.382. The highest BCUT2D eigenvalue weighted by molar-refractivity contribution is 5.55. The quantitative estimate of drug-likeness (QED) is 0.389. The second-order valence-electron chi connectivity index (χ2n) is 5.21. The zero-order valence-corrected chi connectivity index (χ0v) is 9.74. The van der Waals surface area contributed by atoms with Gasteiger partial charge in [0.2, 0.25) is 0 Å². The maximum atomic E-state index is 10.9. The summed E-state index contributed by atoms with van der Waals surface area (Å²) in [5.74, 6) is 1.93. The summed E-state index contributed by atoms with van der Waals surface area (Å²) in [4.78, 5) is 10.9. The lowest BCUT2D eigenvalue weighted by Crippen LogP contribution is -2.09. The van der Waals surface area contributed by atoms with Crippen LogP contribution >= 0.6 is 0 Å². The molecular formula is C14H22O. The zero-order valence-electron chi connectivity index (χ0n) is 9.74. The highest BCUT2D eigenvalue weighted by Gasteiger charge is 2.40. The number of carbonyl (C=O) groups excluding carboxylic acids is 1. The molecular weight excluding hydrogens is 184 g/mol. The first-order chi connectivity index (χ1) is 7.35. The molecule has 2 aliphatic rings. The van der Waals surface area contributed by atoms with Crippen molar-refractivity contribution in [3.63, 3.8) is 0 Å². The van der Waals surface area contributed by atoms with Crippen molar-refractivity contribution in [2.75, 3.05) is 0 Å². The van der Waals surface area contributed by atoms with Gasteiger partial charge < -0.3 is 4.79 Å². The van der Waals surface area contributed by atoms with Crippen molar-refractivity contribution in [2.45, 2.75) is 51.9 Å². The summed E-state index contributed by atoms with van der Waals surface area (Å²) >= 11 is 0. The van der Waals surface area contributed by atoms with Crippen molar-refractivity contribution in [1.82, 2.24) is 0 Å². The van der Waals surface area contributed by atoms with Crippen LogP contribution in [0.1, 0.15) is 51.9 Å². The Hall–Kier alpha value is -0.590. The predicted octanol–water partition coefficient (Wildman–Crippen LogP) is 3.74. The Morgan fingerprint density at radius 2 is 2.20 bits per heavy atom. The maximum Gasteiger partial charge on any atom is 0.123 e. The van der Waals surface area contributed by atoms with Crippen molar-refractivity contribution in [2.24, 2.45) is 17.8 Å². The van der Waals surface area contributed by atoms with Gasteiger partial charge in [0.1, 0.15) is 6.29 Å². The smallest absolute Gasteiger partial charge is 0.123 e. The number of unbranched alkanes of at least 4 members (excludes halogenated alkanes) is 2. The molecule has 84 valence electrons. The Bertz CT molecular complexity index is 254. The third-order valence-corrected chi connectivity index (χ3v) is 4.21. The van der Waals surface area contributed by atoms with Crippen LogP contribution < -0.4 is 0 Å². The van der Waals surface area contributed by atoms with E-state index in [2.05, 4.69) is 13.0 Å². The van der Waals surface area contributed by atoms with E-state index in [0.717, 1.165) is 12.3 Å². The van der Waals surface area contributed by atoms with Gasteiger partial charge in [-0.3, -0.25) is 0 Å². The summed E-state index contributed by atoms with van der Waals surface area (Å²) in [6.45, 7) is 2.24. The van der Waals surface area contributed by atoms with Gasteiger partial charge in [-0.05, 0) is 43.9 Å². The molecule has 2 aliphatic carbocycles. The van der Waals surface area contributed by atoms with Crippen LogP contribution in [0.25, 0.3) is 0 Å². The number of rotatable bonds is 4. The first kappa shape index (κ1) is 10.9. The Kier molecular flexibility index (Phi) is 3.61.